The molecule has 0 saturated heterocycles. The van der Waals surface area contributed by atoms with Gasteiger partial charge in [-0.15, -0.1) is 0 Å². The summed E-state index contributed by atoms with van der Waals surface area (Å²) in [6, 6.07) is 16.0. The summed E-state index contributed by atoms with van der Waals surface area (Å²) in [5.74, 6) is 0.298. The summed E-state index contributed by atoms with van der Waals surface area (Å²) in [6.45, 7) is 8.51. The van der Waals surface area contributed by atoms with Gasteiger partial charge < -0.3 is 9.84 Å². The second-order valence-electron chi connectivity index (χ2n) is 6.46. The van der Waals surface area contributed by atoms with Crippen molar-refractivity contribution in [3.8, 4) is 5.75 Å². The van der Waals surface area contributed by atoms with Crippen LogP contribution in [-0.2, 0) is 15.8 Å². The molecule has 2 nitrogen and oxygen atoms in total. The Morgan fingerprint density at radius 1 is 0.714 bits per heavy atom. The minimum atomic E-state index is -0.277. The second kappa shape index (κ2) is 5.53. The maximum absolute atomic E-state index is 9.43. The zero-order valence-electron chi connectivity index (χ0n) is 13.5. The maximum atomic E-state index is 9.43. The van der Waals surface area contributed by atoms with Gasteiger partial charge in [-0.1, -0.05) is 50.2 Å². The molecular weight excluding hydrogens is 260 g/mol. The summed E-state index contributed by atoms with van der Waals surface area (Å²) in [7, 11) is 1.73. The van der Waals surface area contributed by atoms with Crippen molar-refractivity contribution in [3.63, 3.8) is 0 Å². The minimum absolute atomic E-state index is 0.108. The highest BCUT2D eigenvalue weighted by Gasteiger charge is 2.25. The third-order valence-electron chi connectivity index (χ3n) is 4.40. The number of hydrogen-bond acceptors (Lipinski definition) is 2. The molecule has 0 unspecified atom stereocenters. The highest BCUT2D eigenvalue weighted by atomic mass is 16.5. The molecule has 0 amide bonds. The third-order valence-corrected chi connectivity index (χ3v) is 4.40. The summed E-state index contributed by atoms with van der Waals surface area (Å²) < 4.78 is 5.52. The second-order valence-corrected chi connectivity index (χ2v) is 6.46. The van der Waals surface area contributed by atoms with E-state index in [0.717, 1.165) is 5.56 Å². The van der Waals surface area contributed by atoms with Crippen molar-refractivity contribution in [2.24, 2.45) is 0 Å². The Kier molecular flexibility index (Phi) is 4.11. The van der Waals surface area contributed by atoms with Crippen molar-refractivity contribution in [2.75, 3.05) is 7.11 Å². The average Bonchev–Trinajstić information content (AvgIpc) is 2.48. The lowest BCUT2D eigenvalue weighted by atomic mass is 9.77. The highest BCUT2D eigenvalue weighted by Crippen LogP contribution is 2.33. The largest absolute Gasteiger partial charge is 0.508 e. The SMILES string of the molecule is COC(C)(C)c1ccc(C(C)(C)c2ccc(O)cc2)cc1. The van der Waals surface area contributed by atoms with Crippen LogP contribution in [0.1, 0.15) is 44.4 Å². The van der Waals surface area contributed by atoms with E-state index < -0.39 is 0 Å². The normalized spacial score (nSPS) is 12.4. The number of rotatable bonds is 4. The van der Waals surface area contributed by atoms with E-state index in [4.69, 9.17) is 4.74 Å². The van der Waals surface area contributed by atoms with Gasteiger partial charge >= 0.3 is 0 Å². The Labute approximate surface area is 127 Å². The molecule has 1 N–H and O–H groups in total. The Bertz CT molecular complexity index is 592. The predicted molar refractivity (Wildman–Crippen MR) is 86.7 cm³/mol. The van der Waals surface area contributed by atoms with Crippen LogP contribution in [0.2, 0.25) is 0 Å². The average molecular weight is 284 g/mol. The first-order valence-electron chi connectivity index (χ1n) is 7.23. The molecule has 2 rings (SSSR count). The first kappa shape index (κ1) is 15.6. The fourth-order valence-corrected chi connectivity index (χ4v) is 2.45. The molecule has 0 atom stereocenters. The van der Waals surface area contributed by atoms with Crippen molar-refractivity contribution >= 4 is 0 Å². The molecule has 0 bridgehead atoms. The van der Waals surface area contributed by atoms with Crippen LogP contribution < -0.4 is 0 Å². The number of ether oxygens (including phenoxy) is 1. The molecule has 0 aliphatic heterocycles. The van der Waals surface area contributed by atoms with E-state index in [-0.39, 0.29) is 11.0 Å². The molecule has 0 radical (unpaired) electrons. The number of phenolic OH excluding ortho intramolecular Hbond substituents is 1. The quantitative estimate of drug-likeness (QED) is 0.889. The first-order valence-corrected chi connectivity index (χ1v) is 7.23. The van der Waals surface area contributed by atoms with E-state index >= 15 is 0 Å². The number of methoxy groups -OCH3 is 1. The van der Waals surface area contributed by atoms with Gasteiger partial charge in [-0.3, -0.25) is 0 Å². The Morgan fingerprint density at radius 3 is 1.52 bits per heavy atom. The predicted octanol–water partition coefficient (Wildman–Crippen LogP) is 4.60. The topological polar surface area (TPSA) is 29.5 Å². The fraction of sp³-hybridized carbons (Fsp3) is 0.368. The van der Waals surface area contributed by atoms with Crippen molar-refractivity contribution in [1.29, 1.82) is 0 Å². The first-order chi connectivity index (χ1) is 9.77. The van der Waals surface area contributed by atoms with E-state index in [1.165, 1.54) is 11.1 Å². The van der Waals surface area contributed by atoms with E-state index in [0.29, 0.717) is 5.75 Å². The van der Waals surface area contributed by atoms with E-state index in [1.54, 1.807) is 19.2 Å². The van der Waals surface area contributed by atoms with Gasteiger partial charge in [0.15, 0.2) is 0 Å². The molecule has 0 aliphatic carbocycles. The minimum Gasteiger partial charge on any atom is -0.508 e. The zero-order chi connectivity index (χ0) is 15.7. The molecule has 0 aromatic heterocycles. The van der Waals surface area contributed by atoms with Crippen molar-refractivity contribution in [1.82, 2.24) is 0 Å². The van der Waals surface area contributed by atoms with Gasteiger partial charge in [0, 0.05) is 12.5 Å². The summed E-state index contributed by atoms with van der Waals surface area (Å²) in [4.78, 5) is 0. The van der Waals surface area contributed by atoms with Gasteiger partial charge in [-0.05, 0) is 42.7 Å². The highest BCUT2D eigenvalue weighted by molar-refractivity contribution is 5.41. The van der Waals surface area contributed by atoms with Crippen molar-refractivity contribution in [3.05, 3.63) is 65.2 Å². The van der Waals surface area contributed by atoms with Crippen LogP contribution in [0.5, 0.6) is 5.75 Å². The van der Waals surface area contributed by atoms with Crippen LogP contribution in [0.25, 0.3) is 0 Å². The van der Waals surface area contributed by atoms with Gasteiger partial charge in [0.05, 0.1) is 5.60 Å². The molecular formula is C19H24O2. The van der Waals surface area contributed by atoms with Crippen LogP contribution in [0.3, 0.4) is 0 Å². The lowest BCUT2D eigenvalue weighted by Crippen LogP contribution is -2.21. The molecule has 2 aromatic rings. The van der Waals surface area contributed by atoms with Gasteiger partial charge in [0.25, 0.3) is 0 Å². The van der Waals surface area contributed by atoms with Crippen molar-refractivity contribution < 1.29 is 9.84 Å². The number of phenols is 1. The Balaban J connectivity index is 2.35. The van der Waals surface area contributed by atoms with Crippen LogP contribution in [0.4, 0.5) is 0 Å². The molecule has 0 spiro atoms. The molecule has 0 fully saturated rings. The smallest absolute Gasteiger partial charge is 0.115 e. The van der Waals surface area contributed by atoms with Crippen LogP contribution in [-0.4, -0.2) is 12.2 Å². The third kappa shape index (κ3) is 3.11. The van der Waals surface area contributed by atoms with Gasteiger partial charge in [0.1, 0.15) is 5.75 Å². The van der Waals surface area contributed by atoms with E-state index in [2.05, 4.69) is 52.0 Å². The van der Waals surface area contributed by atoms with Crippen LogP contribution in [0.15, 0.2) is 48.5 Å². The fourth-order valence-electron chi connectivity index (χ4n) is 2.45. The summed E-state index contributed by atoms with van der Waals surface area (Å²) in [6.07, 6.45) is 0. The summed E-state index contributed by atoms with van der Waals surface area (Å²) >= 11 is 0. The monoisotopic (exact) mass is 284 g/mol. The lowest BCUT2D eigenvalue weighted by molar-refractivity contribution is 0.0192. The Hall–Kier alpha value is -1.80. The van der Waals surface area contributed by atoms with Gasteiger partial charge in [-0.2, -0.15) is 0 Å². The zero-order valence-corrected chi connectivity index (χ0v) is 13.5. The van der Waals surface area contributed by atoms with Crippen LogP contribution >= 0.6 is 0 Å². The van der Waals surface area contributed by atoms with Crippen molar-refractivity contribution in [2.45, 2.75) is 38.7 Å². The van der Waals surface area contributed by atoms with Crippen LogP contribution in [0, 0.1) is 0 Å². The molecule has 21 heavy (non-hydrogen) atoms. The number of hydrogen-bond donors (Lipinski definition) is 1. The summed E-state index contributed by atoms with van der Waals surface area (Å²) in [5.41, 5.74) is 3.20. The van der Waals surface area contributed by atoms with E-state index in [1.807, 2.05) is 12.1 Å². The van der Waals surface area contributed by atoms with E-state index in [9.17, 15) is 5.11 Å². The lowest BCUT2D eigenvalue weighted by Gasteiger charge is -2.28. The molecule has 0 saturated carbocycles. The van der Waals surface area contributed by atoms with Gasteiger partial charge in [0.2, 0.25) is 0 Å². The molecule has 0 aliphatic rings. The molecule has 112 valence electrons. The number of aromatic hydroxyl groups is 1. The maximum Gasteiger partial charge on any atom is 0.115 e. The summed E-state index contributed by atoms with van der Waals surface area (Å²) in [5, 5.41) is 9.43. The van der Waals surface area contributed by atoms with Gasteiger partial charge in [-0.25, -0.2) is 0 Å². The standard InChI is InChI=1S/C19H24O2/c1-18(2,15-10-12-17(20)13-11-15)14-6-8-16(9-7-14)19(3,4)21-5/h6-13,20H,1-5H3. The number of benzene rings is 2. The molecule has 2 aromatic carbocycles. The molecule has 0 heterocycles. The molecule has 2 heteroatoms. The Morgan fingerprint density at radius 2 is 1.10 bits per heavy atom.